The van der Waals surface area contributed by atoms with Gasteiger partial charge in [-0.3, -0.25) is 0 Å². The second-order valence-electron chi connectivity index (χ2n) is 3.43. The van der Waals surface area contributed by atoms with Gasteiger partial charge in [-0.1, -0.05) is 11.6 Å². The van der Waals surface area contributed by atoms with E-state index in [0.717, 1.165) is 0 Å². The number of methoxy groups -OCH3 is 1. The number of aliphatic hydroxyl groups excluding tert-OH is 3. The SMILES string of the molecule is COc1ncc(Cl)c(NC(CO)(CO)CO)n1. The summed E-state index contributed by atoms with van der Waals surface area (Å²) in [5.74, 6) is 0.163. The van der Waals surface area contributed by atoms with Gasteiger partial charge in [0.2, 0.25) is 0 Å². The van der Waals surface area contributed by atoms with Gasteiger partial charge >= 0.3 is 6.01 Å². The van der Waals surface area contributed by atoms with Crippen LogP contribution in [0.15, 0.2) is 6.20 Å². The summed E-state index contributed by atoms with van der Waals surface area (Å²) in [4.78, 5) is 7.68. The van der Waals surface area contributed by atoms with Crippen molar-refractivity contribution in [2.24, 2.45) is 0 Å². The van der Waals surface area contributed by atoms with Crippen LogP contribution in [-0.4, -0.2) is 57.8 Å². The Morgan fingerprint density at radius 2 is 1.94 bits per heavy atom. The molecule has 0 atom stereocenters. The van der Waals surface area contributed by atoms with Gasteiger partial charge in [0, 0.05) is 0 Å². The first kappa shape index (κ1) is 13.9. The molecule has 17 heavy (non-hydrogen) atoms. The van der Waals surface area contributed by atoms with E-state index >= 15 is 0 Å². The van der Waals surface area contributed by atoms with Crippen molar-refractivity contribution in [3.8, 4) is 6.01 Å². The van der Waals surface area contributed by atoms with Crippen LogP contribution in [0.1, 0.15) is 0 Å². The number of nitrogens with one attached hydrogen (secondary N) is 1. The Bertz CT molecular complexity index is 365. The molecule has 0 radical (unpaired) electrons. The topological polar surface area (TPSA) is 108 Å². The molecule has 0 saturated carbocycles. The Kier molecular flexibility index (Phi) is 4.88. The predicted octanol–water partition coefficient (Wildman–Crippen LogP) is -0.734. The third-order valence-electron chi connectivity index (χ3n) is 2.20. The molecule has 0 amide bonds. The summed E-state index contributed by atoms with van der Waals surface area (Å²) in [7, 11) is 1.39. The second kappa shape index (κ2) is 5.97. The molecule has 0 spiro atoms. The molecule has 8 heteroatoms. The lowest BCUT2D eigenvalue weighted by Gasteiger charge is -2.29. The lowest BCUT2D eigenvalue weighted by atomic mass is 10.0. The number of nitrogens with zero attached hydrogens (tertiary/aromatic N) is 2. The molecule has 0 aliphatic heterocycles. The van der Waals surface area contributed by atoms with Crippen molar-refractivity contribution in [2.75, 3.05) is 32.2 Å². The molecule has 1 aromatic rings. The summed E-state index contributed by atoms with van der Waals surface area (Å²) in [5, 5.41) is 30.3. The maximum absolute atomic E-state index is 9.16. The maximum atomic E-state index is 9.16. The van der Waals surface area contributed by atoms with Crippen molar-refractivity contribution in [3.05, 3.63) is 11.2 Å². The minimum absolute atomic E-state index is 0.0830. The monoisotopic (exact) mass is 263 g/mol. The molecule has 4 N–H and O–H groups in total. The summed E-state index contributed by atoms with van der Waals surface area (Å²) in [6.07, 6.45) is 1.31. The third kappa shape index (κ3) is 3.16. The number of anilines is 1. The van der Waals surface area contributed by atoms with Gasteiger partial charge in [-0.25, -0.2) is 4.98 Å². The number of aliphatic hydroxyl groups is 3. The van der Waals surface area contributed by atoms with Crippen molar-refractivity contribution in [3.63, 3.8) is 0 Å². The van der Waals surface area contributed by atoms with E-state index in [1.807, 2.05) is 0 Å². The second-order valence-corrected chi connectivity index (χ2v) is 3.84. The number of aromatic nitrogens is 2. The van der Waals surface area contributed by atoms with Gasteiger partial charge in [-0.2, -0.15) is 4.98 Å². The molecule has 0 saturated heterocycles. The molecule has 1 aromatic heterocycles. The lowest BCUT2D eigenvalue weighted by molar-refractivity contribution is 0.0830. The van der Waals surface area contributed by atoms with E-state index < -0.39 is 25.4 Å². The molecule has 96 valence electrons. The van der Waals surface area contributed by atoms with E-state index in [9.17, 15) is 0 Å². The fourth-order valence-electron chi connectivity index (χ4n) is 1.06. The molecule has 1 rings (SSSR count). The van der Waals surface area contributed by atoms with Crippen molar-refractivity contribution < 1.29 is 20.1 Å². The third-order valence-corrected chi connectivity index (χ3v) is 2.47. The average Bonchev–Trinajstić information content (AvgIpc) is 2.38. The molecule has 0 fully saturated rings. The highest BCUT2D eigenvalue weighted by Crippen LogP contribution is 2.23. The number of ether oxygens (including phenoxy) is 1. The average molecular weight is 264 g/mol. The number of halogens is 1. The number of hydrogen-bond donors (Lipinski definition) is 4. The molecular formula is C9H14ClN3O4. The van der Waals surface area contributed by atoms with Gasteiger partial charge in [0.25, 0.3) is 0 Å². The van der Waals surface area contributed by atoms with Gasteiger partial charge in [0.15, 0.2) is 5.82 Å². The van der Waals surface area contributed by atoms with Crippen LogP contribution in [0.5, 0.6) is 6.01 Å². The molecule has 0 bridgehead atoms. The van der Waals surface area contributed by atoms with Crippen LogP contribution in [0.2, 0.25) is 5.02 Å². The van der Waals surface area contributed by atoms with Crippen molar-refractivity contribution >= 4 is 17.4 Å². The molecule has 7 nitrogen and oxygen atoms in total. The van der Waals surface area contributed by atoms with Gasteiger partial charge in [0.05, 0.1) is 33.1 Å². The molecule has 0 aliphatic carbocycles. The Balaban J connectivity index is 2.99. The minimum Gasteiger partial charge on any atom is -0.467 e. The molecule has 1 heterocycles. The predicted molar refractivity (Wildman–Crippen MR) is 61.2 cm³/mol. The van der Waals surface area contributed by atoms with Crippen LogP contribution in [0.4, 0.5) is 5.82 Å². The smallest absolute Gasteiger partial charge is 0.318 e. The molecular weight excluding hydrogens is 250 g/mol. The van der Waals surface area contributed by atoms with Crippen molar-refractivity contribution in [1.82, 2.24) is 9.97 Å². The first-order valence-electron chi connectivity index (χ1n) is 4.78. The normalized spacial score (nSPS) is 11.4. The molecule has 0 aromatic carbocycles. The Labute approximate surface area is 103 Å². The van der Waals surface area contributed by atoms with E-state index in [1.54, 1.807) is 0 Å². The van der Waals surface area contributed by atoms with Crippen molar-refractivity contribution in [1.29, 1.82) is 0 Å². The minimum atomic E-state index is -1.30. The Morgan fingerprint density at radius 1 is 1.35 bits per heavy atom. The van der Waals surface area contributed by atoms with Gasteiger partial charge in [-0.05, 0) is 0 Å². The summed E-state index contributed by atoms with van der Waals surface area (Å²) in [6, 6.07) is 0.0830. The number of rotatable bonds is 6. The Morgan fingerprint density at radius 3 is 2.41 bits per heavy atom. The van der Waals surface area contributed by atoms with Gasteiger partial charge in [0.1, 0.15) is 10.6 Å². The highest BCUT2D eigenvalue weighted by Gasteiger charge is 2.29. The summed E-state index contributed by atoms with van der Waals surface area (Å²) in [5.41, 5.74) is -1.30. The zero-order valence-corrected chi connectivity index (χ0v) is 9.98. The molecule has 0 aliphatic rings. The standard InChI is InChI=1S/C9H14ClN3O4/c1-17-8-11-2-6(10)7(12-8)13-9(3-14,4-15)5-16/h2,14-16H,3-5H2,1H3,(H,11,12,13). The van der Waals surface area contributed by atoms with Crippen LogP contribution in [0.3, 0.4) is 0 Å². The fourth-order valence-corrected chi connectivity index (χ4v) is 1.20. The van der Waals surface area contributed by atoms with Crippen molar-refractivity contribution in [2.45, 2.75) is 5.54 Å². The Hall–Kier alpha value is -1.15. The van der Waals surface area contributed by atoms with Crippen LogP contribution < -0.4 is 10.1 Å². The van der Waals surface area contributed by atoms with Gasteiger partial charge in [-0.15, -0.1) is 0 Å². The first-order chi connectivity index (χ1) is 8.10. The highest BCUT2D eigenvalue weighted by atomic mass is 35.5. The van der Waals surface area contributed by atoms with E-state index in [0.29, 0.717) is 0 Å². The van der Waals surface area contributed by atoms with E-state index in [4.69, 9.17) is 31.7 Å². The van der Waals surface area contributed by atoms with Crippen LogP contribution in [0.25, 0.3) is 0 Å². The van der Waals surface area contributed by atoms with Crippen LogP contribution in [-0.2, 0) is 0 Å². The maximum Gasteiger partial charge on any atom is 0.318 e. The quantitative estimate of drug-likeness (QED) is 0.536. The largest absolute Gasteiger partial charge is 0.467 e. The van der Waals surface area contributed by atoms with Crippen LogP contribution in [0, 0.1) is 0 Å². The van der Waals surface area contributed by atoms with Crippen LogP contribution >= 0.6 is 11.6 Å². The number of hydrogen-bond acceptors (Lipinski definition) is 7. The lowest BCUT2D eigenvalue weighted by Crippen LogP contribution is -2.49. The molecule has 0 unspecified atom stereocenters. The summed E-state index contributed by atoms with van der Waals surface area (Å²) in [6.45, 7) is -1.45. The zero-order chi connectivity index (χ0) is 12.9. The first-order valence-corrected chi connectivity index (χ1v) is 5.16. The fraction of sp³-hybridized carbons (Fsp3) is 0.556. The summed E-state index contributed by atoms with van der Waals surface area (Å²) < 4.78 is 4.82. The van der Waals surface area contributed by atoms with E-state index in [-0.39, 0.29) is 16.9 Å². The highest BCUT2D eigenvalue weighted by molar-refractivity contribution is 6.32. The van der Waals surface area contributed by atoms with E-state index in [2.05, 4.69) is 15.3 Å². The van der Waals surface area contributed by atoms with E-state index in [1.165, 1.54) is 13.3 Å². The van der Waals surface area contributed by atoms with Gasteiger partial charge < -0.3 is 25.4 Å². The zero-order valence-electron chi connectivity index (χ0n) is 9.22. The summed E-state index contributed by atoms with van der Waals surface area (Å²) >= 11 is 5.84.